The van der Waals surface area contributed by atoms with E-state index in [0.29, 0.717) is 0 Å². The van der Waals surface area contributed by atoms with E-state index in [9.17, 15) is 57.2 Å². The zero-order valence-electron chi connectivity index (χ0n) is 29.5. The van der Waals surface area contributed by atoms with Crippen molar-refractivity contribution in [2.24, 2.45) is 10.2 Å². The van der Waals surface area contributed by atoms with Crippen LogP contribution in [0.4, 0.5) is 27.5 Å². The van der Waals surface area contributed by atoms with E-state index in [1.165, 1.54) is 60.7 Å². The molecule has 0 spiro atoms. The zero-order chi connectivity index (χ0) is 42.4. The van der Waals surface area contributed by atoms with E-state index in [2.05, 4.69) is 31.7 Å². The number of hydrazone groups is 2. The van der Waals surface area contributed by atoms with Gasteiger partial charge in [0.2, 0.25) is 11.6 Å². The fraction of sp³-hybridized carbons (Fsp3) is 0. The van der Waals surface area contributed by atoms with Gasteiger partial charge >= 0.3 is 6.03 Å². The summed E-state index contributed by atoms with van der Waals surface area (Å²) in [6, 6.07) is 15.3. The standard InChI is InChI=1S/C33H24N6O15S4.Na/c40-31-25-11-5-21(13-17(25)15-27(57(49,50)51)29(31)38-36-19-1-7-23(8-2-19)55(43,44)45)34-33(42)35-22-6-12-26-18(14-22)16-28(58(52,53)54)30(32(26)41)39-37-20-3-9-24(10-4-20)56(46,47)48;/h1-16,36-37H,(H2,34,35,42)(H,43,44,45)(H,46,47,48)(H,49,50,51)(H,52,53,54);/b38-29-,39-30-;. The van der Waals surface area contributed by atoms with E-state index < -0.39 is 89.1 Å². The zero-order valence-corrected chi connectivity index (χ0v) is 34.8. The van der Waals surface area contributed by atoms with Crippen LogP contribution in [0, 0.1) is 0 Å². The molecular formula is C33H24N6NaO15S4. The fourth-order valence-corrected chi connectivity index (χ4v) is 7.65. The number of nitrogens with zero attached hydrogens (tertiary/aromatic N) is 2. The third-order valence-corrected chi connectivity index (χ3v) is 11.5. The number of hydrogen-bond donors (Lipinski definition) is 8. The number of fused-ring (bicyclic) bond motifs is 2. The van der Waals surface area contributed by atoms with Gasteiger partial charge in [-0.15, -0.1) is 0 Å². The van der Waals surface area contributed by atoms with Crippen molar-refractivity contribution < 1.29 is 66.3 Å². The van der Waals surface area contributed by atoms with Crippen LogP contribution in [0.1, 0.15) is 31.8 Å². The topological polar surface area (TPSA) is 342 Å². The van der Waals surface area contributed by atoms with Gasteiger partial charge in [0.1, 0.15) is 9.81 Å². The summed E-state index contributed by atoms with van der Waals surface area (Å²) < 4.78 is 132. The second-order valence-corrected chi connectivity index (χ2v) is 17.6. The summed E-state index contributed by atoms with van der Waals surface area (Å²) in [5.74, 6) is -1.91. The van der Waals surface area contributed by atoms with E-state index in [1.54, 1.807) is 0 Å². The number of carbonyl (C=O) groups is 3. The molecule has 0 fully saturated rings. The van der Waals surface area contributed by atoms with Crippen molar-refractivity contribution in [2.45, 2.75) is 9.79 Å². The number of hydrogen-bond acceptors (Lipinski definition) is 15. The minimum Gasteiger partial charge on any atom is -0.308 e. The minimum atomic E-state index is -5.07. The predicted octanol–water partition coefficient (Wildman–Crippen LogP) is 3.23. The normalized spacial score (nSPS) is 15.6. The number of anilines is 4. The van der Waals surface area contributed by atoms with Gasteiger partial charge in [0.15, 0.2) is 11.4 Å². The Kier molecular flexibility index (Phi) is 12.6. The van der Waals surface area contributed by atoms with Gasteiger partial charge in [0.25, 0.3) is 40.5 Å². The number of Topliss-reactive ketones (excluding diaryl/α,β-unsaturated/α-hetero) is 2. The quantitative estimate of drug-likeness (QED) is 0.0643. The number of rotatable bonds is 10. The Morgan fingerprint density at radius 3 is 1.10 bits per heavy atom. The Hall–Kier alpha value is -5.45. The molecule has 2 aliphatic rings. The van der Waals surface area contributed by atoms with Crippen LogP contribution in [-0.4, -0.2) is 110 Å². The first-order valence-electron chi connectivity index (χ1n) is 15.7. The number of nitrogens with one attached hydrogen (secondary N) is 4. The van der Waals surface area contributed by atoms with Crippen LogP contribution in [0.2, 0.25) is 0 Å². The molecule has 1 radical (unpaired) electrons. The van der Waals surface area contributed by atoms with Crippen LogP contribution < -0.4 is 21.5 Å². The summed E-state index contributed by atoms with van der Waals surface area (Å²) in [6.45, 7) is 0. The van der Waals surface area contributed by atoms with Crippen molar-refractivity contribution >= 4 is 134 Å². The van der Waals surface area contributed by atoms with Crippen LogP contribution in [0.15, 0.2) is 115 Å². The van der Waals surface area contributed by atoms with Gasteiger partial charge < -0.3 is 10.6 Å². The van der Waals surface area contributed by atoms with Gasteiger partial charge in [-0.2, -0.15) is 43.9 Å². The van der Waals surface area contributed by atoms with Crippen molar-refractivity contribution in [3.63, 3.8) is 0 Å². The fourth-order valence-electron chi connectivity index (χ4n) is 5.37. The van der Waals surface area contributed by atoms with E-state index in [4.69, 9.17) is 9.11 Å². The van der Waals surface area contributed by atoms with Crippen molar-refractivity contribution in [1.29, 1.82) is 0 Å². The largest absolute Gasteiger partial charge is 0.323 e. The minimum absolute atomic E-state index is 0. The molecule has 0 saturated carbocycles. The molecule has 8 N–H and O–H groups in total. The molecule has 0 aliphatic heterocycles. The molecular weight excluding hydrogens is 872 g/mol. The monoisotopic (exact) mass is 895 g/mol. The van der Waals surface area contributed by atoms with Crippen LogP contribution in [-0.2, 0) is 40.5 Å². The molecule has 21 nitrogen and oxygen atoms in total. The predicted molar refractivity (Wildman–Crippen MR) is 214 cm³/mol. The van der Waals surface area contributed by atoms with Gasteiger partial charge in [0.05, 0.1) is 21.2 Å². The number of urea groups is 1. The molecule has 4 aromatic carbocycles. The molecule has 26 heteroatoms. The smallest absolute Gasteiger partial charge is 0.308 e. The molecule has 301 valence electrons. The first-order valence-corrected chi connectivity index (χ1v) is 21.4. The molecule has 0 bridgehead atoms. The van der Waals surface area contributed by atoms with E-state index in [-0.39, 0.29) is 74.6 Å². The van der Waals surface area contributed by atoms with Gasteiger partial charge in [0, 0.05) is 52.1 Å². The van der Waals surface area contributed by atoms with E-state index in [1.807, 2.05) is 0 Å². The third-order valence-electron chi connectivity index (χ3n) is 8.03. The number of amides is 2. The van der Waals surface area contributed by atoms with Gasteiger partial charge in [-0.25, -0.2) is 4.79 Å². The molecule has 59 heavy (non-hydrogen) atoms. The average molecular weight is 896 g/mol. The van der Waals surface area contributed by atoms with Gasteiger partial charge in [-0.1, -0.05) is 0 Å². The summed E-state index contributed by atoms with van der Waals surface area (Å²) in [5.41, 5.74) is 3.23. The first kappa shape index (κ1) is 44.6. The van der Waals surface area contributed by atoms with E-state index >= 15 is 0 Å². The second kappa shape index (κ2) is 16.7. The molecule has 0 atom stereocenters. The summed E-state index contributed by atoms with van der Waals surface area (Å²) in [7, 11) is -19.2. The maximum absolute atomic E-state index is 13.3. The number of ketones is 2. The molecule has 2 aliphatic carbocycles. The molecule has 0 saturated heterocycles. The summed E-state index contributed by atoms with van der Waals surface area (Å²) in [6.07, 6.45) is 1.84. The maximum atomic E-state index is 13.3. The summed E-state index contributed by atoms with van der Waals surface area (Å²) >= 11 is 0. The van der Waals surface area contributed by atoms with Crippen LogP contribution >= 0.6 is 0 Å². The Morgan fingerprint density at radius 1 is 0.475 bits per heavy atom. The SMILES string of the molecule is O=C(Nc1ccc2c(c1)C=C(S(=O)(=O)O)/C(=N/Nc1ccc(S(=O)(=O)O)cc1)C2=O)Nc1ccc2c(c1)C=C(S(=O)(=O)O)/C(=N/Nc1ccc(S(=O)(=O)O)cc1)C2=O.[Na]. The van der Waals surface area contributed by atoms with Crippen molar-refractivity contribution in [2.75, 3.05) is 21.5 Å². The Bertz CT molecular complexity index is 2840. The van der Waals surface area contributed by atoms with E-state index in [0.717, 1.165) is 36.4 Å². The van der Waals surface area contributed by atoms with Crippen molar-refractivity contribution in [1.82, 2.24) is 0 Å². The van der Waals surface area contributed by atoms with Crippen molar-refractivity contribution in [3.05, 3.63) is 117 Å². The third kappa shape index (κ3) is 10.2. The second-order valence-electron chi connectivity index (χ2n) is 12.0. The number of carbonyl (C=O) groups excluding carboxylic acids is 3. The molecule has 0 aromatic heterocycles. The van der Waals surface area contributed by atoms with Crippen molar-refractivity contribution in [3.8, 4) is 0 Å². The summed E-state index contributed by atoms with van der Waals surface area (Å²) in [4.78, 5) is 36.9. The average Bonchev–Trinajstić information content (AvgIpc) is 3.12. The maximum Gasteiger partial charge on any atom is 0.323 e. The molecule has 2 amide bonds. The Morgan fingerprint density at radius 2 is 0.797 bits per heavy atom. The first-order chi connectivity index (χ1) is 27.0. The van der Waals surface area contributed by atoms with Crippen LogP contribution in [0.3, 0.4) is 0 Å². The van der Waals surface area contributed by atoms with Gasteiger partial charge in [-0.05, 0) is 108 Å². The number of allylic oxidation sites excluding steroid dienone is 2. The molecule has 0 heterocycles. The summed E-state index contributed by atoms with van der Waals surface area (Å²) in [5, 5.41) is 12.5. The Balaban J connectivity index is 0.00000661. The van der Waals surface area contributed by atoms with Gasteiger partial charge in [-0.3, -0.25) is 38.7 Å². The molecule has 4 aromatic rings. The molecule has 0 unspecified atom stereocenters. The van der Waals surface area contributed by atoms with Crippen LogP contribution in [0.5, 0.6) is 0 Å². The van der Waals surface area contributed by atoms with Crippen LogP contribution in [0.25, 0.3) is 12.2 Å². The Labute approximate surface area is 356 Å². The number of benzene rings is 4. The molecule has 6 rings (SSSR count).